The van der Waals surface area contributed by atoms with E-state index < -0.39 is 27.9 Å². The van der Waals surface area contributed by atoms with Crippen LogP contribution < -0.4 is 10.1 Å². The van der Waals surface area contributed by atoms with E-state index in [1.165, 1.54) is 42.5 Å². The molecule has 0 saturated heterocycles. The highest BCUT2D eigenvalue weighted by Crippen LogP contribution is 2.32. The number of sulfone groups is 1. The number of halogens is 3. The molecular weight excluding hydrogens is 447 g/mol. The van der Waals surface area contributed by atoms with Gasteiger partial charge in [-0.25, -0.2) is 8.42 Å². The third-order valence-electron chi connectivity index (χ3n) is 4.35. The molecule has 1 heterocycles. The summed E-state index contributed by atoms with van der Waals surface area (Å²) in [5.41, 5.74) is 0.827. The van der Waals surface area contributed by atoms with Gasteiger partial charge in [0.2, 0.25) is 5.91 Å². The van der Waals surface area contributed by atoms with Crippen LogP contribution >= 0.6 is 0 Å². The van der Waals surface area contributed by atoms with Crippen LogP contribution in [-0.4, -0.2) is 36.6 Å². The van der Waals surface area contributed by atoms with Gasteiger partial charge < -0.3 is 10.1 Å². The van der Waals surface area contributed by atoms with Gasteiger partial charge in [0.25, 0.3) is 0 Å². The van der Waals surface area contributed by atoms with Crippen LogP contribution in [0, 0.1) is 0 Å². The van der Waals surface area contributed by atoms with Gasteiger partial charge in [-0.3, -0.25) is 4.79 Å². The van der Waals surface area contributed by atoms with Gasteiger partial charge in [0.15, 0.2) is 15.7 Å². The Morgan fingerprint density at radius 3 is 2.28 bits per heavy atom. The van der Waals surface area contributed by atoms with Gasteiger partial charge in [-0.05, 0) is 42.0 Å². The Morgan fingerprint density at radius 2 is 1.69 bits per heavy atom. The number of amides is 1. The van der Waals surface area contributed by atoms with Crippen LogP contribution in [0.3, 0.4) is 0 Å². The first-order valence-electron chi connectivity index (χ1n) is 9.38. The summed E-state index contributed by atoms with van der Waals surface area (Å²) >= 11 is 0. The lowest BCUT2D eigenvalue weighted by atomic mass is 10.1. The maximum absolute atomic E-state index is 12.6. The molecule has 32 heavy (non-hydrogen) atoms. The third-order valence-corrected chi connectivity index (χ3v) is 6.10. The second-order valence-corrected chi connectivity index (χ2v) is 8.90. The molecule has 0 spiro atoms. The smallest absolute Gasteiger partial charge is 0.405 e. The lowest BCUT2D eigenvalue weighted by Crippen LogP contribution is -2.18. The molecule has 0 fully saturated rings. The highest BCUT2D eigenvalue weighted by Gasteiger charge is 2.32. The maximum atomic E-state index is 12.6. The average Bonchev–Trinajstić information content (AvgIpc) is 2.74. The summed E-state index contributed by atoms with van der Waals surface area (Å²) in [5.74, 6) is -0.745. The number of hydrogen-bond donors (Lipinski definition) is 1. The standard InChI is InChI=1S/C21H18F3N3O4S/c1-2-32(29,30)15-9-7-14(8-10-15)13-20(28)25-19-12-11-17(26-27-19)16-5-3-4-6-18(16)31-21(22,23)24/h3-12H,2,13H2,1H3,(H,25,27,28). The topological polar surface area (TPSA) is 98.2 Å². The molecule has 3 aromatic rings. The summed E-state index contributed by atoms with van der Waals surface area (Å²) in [6.45, 7) is 1.55. The van der Waals surface area contributed by atoms with Crippen molar-refractivity contribution in [2.45, 2.75) is 24.6 Å². The lowest BCUT2D eigenvalue weighted by molar-refractivity contribution is -0.274. The highest BCUT2D eigenvalue weighted by atomic mass is 32.2. The Morgan fingerprint density at radius 1 is 1.00 bits per heavy atom. The van der Waals surface area contributed by atoms with Crippen molar-refractivity contribution in [3.8, 4) is 17.0 Å². The molecule has 0 saturated carbocycles. The predicted octanol–water partition coefficient (Wildman–Crippen LogP) is 4.02. The van der Waals surface area contributed by atoms with E-state index in [1.807, 2.05) is 0 Å². The van der Waals surface area contributed by atoms with Crippen LogP contribution in [0.1, 0.15) is 12.5 Å². The summed E-state index contributed by atoms with van der Waals surface area (Å²) in [6, 6.07) is 14.3. The molecule has 1 N–H and O–H groups in total. The van der Waals surface area contributed by atoms with Crippen LogP contribution in [0.15, 0.2) is 65.6 Å². The minimum Gasteiger partial charge on any atom is -0.405 e. The second kappa shape index (κ2) is 9.35. The number of alkyl halides is 3. The summed E-state index contributed by atoms with van der Waals surface area (Å²) < 4.78 is 65.4. The number of aromatic nitrogens is 2. The predicted molar refractivity (Wildman–Crippen MR) is 111 cm³/mol. The largest absolute Gasteiger partial charge is 0.573 e. The molecular formula is C21H18F3N3O4S. The fourth-order valence-corrected chi connectivity index (χ4v) is 3.67. The number of anilines is 1. The van der Waals surface area contributed by atoms with Gasteiger partial charge in [-0.15, -0.1) is 23.4 Å². The molecule has 2 aromatic carbocycles. The number of benzene rings is 2. The number of carbonyl (C=O) groups excluding carboxylic acids is 1. The van der Waals surface area contributed by atoms with Gasteiger partial charge in [0.1, 0.15) is 5.75 Å². The molecule has 1 aromatic heterocycles. The van der Waals surface area contributed by atoms with Gasteiger partial charge >= 0.3 is 6.36 Å². The van der Waals surface area contributed by atoms with Crippen LogP contribution in [0.2, 0.25) is 0 Å². The molecule has 0 aliphatic rings. The van der Waals surface area contributed by atoms with Crippen molar-refractivity contribution in [2.75, 3.05) is 11.1 Å². The maximum Gasteiger partial charge on any atom is 0.573 e. The molecule has 1 amide bonds. The van der Waals surface area contributed by atoms with E-state index in [1.54, 1.807) is 19.1 Å². The summed E-state index contributed by atoms with van der Waals surface area (Å²) in [7, 11) is -3.32. The molecule has 0 unspecified atom stereocenters. The minimum absolute atomic E-state index is 0.0195. The number of nitrogens with one attached hydrogen (secondary N) is 1. The van der Waals surface area contributed by atoms with Crippen molar-refractivity contribution in [3.63, 3.8) is 0 Å². The van der Waals surface area contributed by atoms with Gasteiger partial charge in [0.05, 0.1) is 22.8 Å². The quantitative estimate of drug-likeness (QED) is 0.566. The number of nitrogens with zero attached hydrogens (tertiary/aromatic N) is 2. The number of carbonyl (C=O) groups is 1. The zero-order valence-corrected chi connectivity index (χ0v) is 17.6. The number of para-hydroxylation sites is 1. The van der Waals surface area contributed by atoms with Crippen molar-refractivity contribution in [1.82, 2.24) is 10.2 Å². The first-order valence-corrected chi connectivity index (χ1v) is 11.0. The van der Waals surface area contributed by atoms with E-state index in [4.69, 9.17) is 0 Å². The number of hydrogen-bond acceptors (Lipinski definition) is 6. The van der Waals surface area contributed by atoms with Crippen LogP contribution in [0.5, 0.6) is 5.75 Å². The average molecular weight is 465 g/mol. The van der Waals surface area contributed by atoms with Crippen molar-refractivity contribution in [1.29, 1.82) is 0 Å². The zero-order chi connectivity index (χ0) is 23.4. The van der Waals surface area contributed by atoms with E-state index in [0.29, 0.717) is 5.56 Å². The van der Waals surface area contributed by atoms with Gasteiger partial charge in [-0.2, -0.15) is 0 Å². The molecule has 0 aliphatic carbocycles. The SMILES string of the molecule is CCS(=O)(=O)c1ccc(CC(=O)Nc2ccc(-c3ccccc3OC(F)(F)F)nn2)cc1. The van der Waals surface area contributed by atoms with E-state index in [-0.39, 0.29) is 34.1 Å². The Labute approximate surface area is 182 Å². The number of rotatable bonds is 7. The normalized spacial score (nSPS) is 11.8. The lowest BCUT2D eigenvalue weighted by Gasteiger charge is -2.12. The summed E-state index contributed by atoms with van der Waals surface area (Å²) in [5, 5.41) is 10.2. The van der Waals surface area contributed by atoms with E-state index >= 15 is 0 Å². The van der Waals surface area contributed by atoms with Crippen molar-refractivity contribution >= 4 is 21.6 Å². The van der Waals surface area contributed by atoms with Crippen LogP contribution in [0.4, 0.5) is 19.0 Å². The monoisotopic (exact) mass is 465 g/mol. The fraction of sp³-hybridized carbons (Fsp3) is 0.190. The molecule has 3 rings (SSSR count). The first-order chi connectivity index (χ1) is 15.1. The first kappa shape index (κ1) is 23.2. The zero-order valence-electron chi connectivity index (χ0n) is 16.8. The van der Waals surface area contributed by atoms with E-state index in [2.05, 4.69) is 20.3 Å². The van der Waals surface area contributed by atoms with Crippen LogP contribution in [0.25, 0.3) is 11.3 Å². The van der Waals surface area contributed by atoms with E-state index in [0.717, 1.165) is 6.07 Å². The molecule has 11 heteroatoms. The molecule has 168 valence electrons. The van der Waals surface area contributed by atoms with Crippen molar-refractivity contribution in [3.05, 3.63) is 66.2 Å². The summed E-state index contributed by atoms with van der Waals surface area (Å²) in [4.78, 5) is 12.4. The number of ether oxygens (including phenoxy) is 1. The molecule has 0 aliphatic heterocycles. The van der Waals surface area contributed by atoms with Crippen LogP contribution in [-0.2, 0) is 21.1 Å². The second-order valence-electron chi connectivity index (χ2n) is 6.62. The Bertz CT molecular complexity index is 1200. The summed E-state index contributed by atoms with van der Waals surface area (Å²) in [6.07, 6.45) is -4.88. The molecule has 0 atom stereocenters. The van der Waals surface area contributed by atoms with Crippen molar-refractivity contribution in [2.24, 2.45) is 0 Å². The molecule has 0 radical (unpaired) electrons. The van der Waals surface area contributed by atoms with Gasteiger partial charge in [-0.1, -0.05) is 31.2 Å². The molecule has 0 bridgehead atoms. The minimum atomic E-state index is -4.85. The van der Waals surface area contributed by atoms with Gasteiger partial charge in [0, 0.05) is 5.56 Å². The van der Waals surface area contributed by atoms with Crippen molar-refractivity contribution < 1.29 is 31.1 Å². The highest BCUT2D eigenvalue weighted by molar-refractivity contribution is 7.91. The Balaban J connectivity index is 1.67. The Kier molecular flexibility index (Phi) is 6.78. The van der Waals surface area contributed by atoms with E-state index in [9.17, 15) is 26.4 Å². The molecule has 7 nitrogen and oxygen atoms in total. The third kappa shape index (κ3) is 6.03. The Hall–Kier alpha value is -3.47. The fourth-order valence-electron chi connectivity index (χ4n) is 2.79.